The smallest absolute Gasteiger partial charge is 0.550 e. The van der Waals surface area contributed by atoms with Crippen LogP contribution in [0.4, 0.5) is 0 Å². The molecule has 7 heteroatoms. The molecule has 0 amide bonds. The second-order valence-electron chi connectivity index (χ2n) is 12.5. The molecule has 0 aromatic carbocycles. The summed E-state index contributed by atoms with van der Waals surface area (Å²) < 4.78 is 0. The van der Waals surface area contributed by atoms with Crippen molar-refractivity contribution in [2.24, 2.45) is 0 Å². The summed E-state index contributed by atoms with van der Waals surface area (Å²) >= 11 is 0. The van der Waals surface area contributed by atoms with Crippen LogP contribution >= 0.6 is 0 Å². The van der Waals surface area contributed by atoms with Crippen LogP contribution < -0.4 is 10.2 Å². The van der Waals surface area contributed by atoms with E-state index in [4.69, 9.17) is 0 Å². The van der Waals surface area contributed by atoms with Gasteiger partial charge in [-0.1, -0.05) is 155 Å². The molecule has 0 bridgehead atoms. The fourth-order valence-corrected chi connectivity index (χ4v) is 5.32. The van der Waals surface area contributed by atoms with Gasteiger partial charge in [0.25, 0.3) is 0 Å². The van der Waals surface area contributed by atoms with Gasteiger partial charge in [-0.05, 0) is 51.4 Å². The van der Waals surface area contributed by atoms with Gasteiger partial charge in [0, 0.05) is 11.9 Å². The number of hydrogen-bond acceptors (Lipinski definition) is 6. The van der Waals surface area contributed by atoms with Crippen molar-refractivity contribution < 1.29 is 47.1 Å². The van der Waals surface area contributed by atoms with Gasteiger partial charge in [-0.2, -0.15) is 0 Å². The topological polar surface area (TPSA) is 121 Å². The molecule has 0 rings (SSSR count). The van der Waals surface area contributed by atoms with E-state index >= 15 is 0 Å². The van der Waals surface area contributed by atoms with E-state index in [1.165, 1.54) is 103 Å². The molecule has 0 fully saturated rings. The number of rotatable bonds is 32. The van der Waals surface area contributed by atoms with Crippen LogP contribution in [0.5, 0.6) is 0 Å². The fraction of sp³-hybridized carbons (Fsp3) is 0.944. The van der Waals surface area contributed by atoms with E-state index in [9.17, 15) is 30.0 Å². The van der Waals surface area contributed by atoms with Crippen molar-refractivity contribution in [1.82, 2.24) is 0 Å². The largest absolute Gasteiger partial charge is 2.00 e. The summed E-state index contributed by atoms with van der Waals surface area (Å²) in [5, 5.41) is 40.1. The number of aliphatic hydroxyl groups excluding tert-OH is 2. The number of carboxylic acid groups (broad SMARTS) is 2. The number of carboxylic acids is 2. The van der Waals surface area contributed by atoms with Crippen LogP contribution in [0.2, 0.25) is 0 Å². The first kappa shape index (κ1) is 46.8. The Balaban J connectivity index is -0.000000727. The zero-order valence-electron chi connectivity index (χ0n) is 28.2. The Kier molecular flexibility index (Phi) is 42.9. The third-order valence-electron chi connectivity index (χ3n) is 8.12. The Labute approximate surface area is 277 Å². The molecule has 1 radical (unpaired) electrons. The van der Waals surface area contributed by atoms with E-state index in [0.29, 0.717) is 0 Å². The number of hydrogen-bond donors (Lipinski definition) is 2. The Morgan fingerprint density at radius 2 is 0.628 bits per heavy atom. The minimum atomic E-state index is -0.928. The van der Waals surface area contributed by atoms with E-state index < -0.39 is 11.9 Å². The first-order valence-corrected chi connectivity index (χ1v) is 18.1. The van der Waals surface area contributed by atoms with Crippen LogP contribution in [-0.4, -0.2) is 34.4 Å². The average Bonchev–Trinajstić information content (AvgIpc) is 2.95. The molecule has 0 aromatic heterocycles. The fourth-order valence-electron chi connectivity index (χ4n) is 5.32. The molecule has 0 saturated heterocycles. The maximum atomic E-state index is 10.2. The number of unbranched alkanes of at least 4 members (excludes halogenated alkanes) is 20. The van der Waals surface area contributed by atoms with Crippen molar-refractivity contribution in [2.45, 2.75) is 219 Å². The summed E-state index contributed by atoms with van der Waals surface area (Å²) in [7, 11) is 0. The standard InChI is InChI=1S/2C18H36O3.Cu/c2*1-2-3-4-11-14-17(19)15-12-9-7-5-6-8-10-13-16-18(20)21;/h2*17,19H,2-16H2,1H3,(H,20,21);/q;;+2/p-2. The van der Waals surface area contributed by atoms with Gasteiger partial charge < -0.3 is 30.0 Å². The van der Waals surface area contributed by atoms with Crippen LogP contribution in [0, 0.1) is 0 Å². The first-order chi connectivity index (χ1) is 20.3. The van der Waals surface area contributed by atoms with Gasteiger partial charge in [-0.25, -0.2) is 0 Å². The molecule has 0 spiro atoms. The first-order valence-electron chi connectivity index (χ1n) is 18.1. The monoisotopic (exact) mass is 661 g/mol. The summed E-state index contributed by atoms with van der Waals surface area (Å²) in [5.41, 5.74) is 0. The van der Waals surface area contributed by atoms with E-state index in [2.05, 4.69) is 13.8 Å². The van der Waals surface area contributed by atoms with Crippen molar-refractivity contribution >= 4 is 11.9 Å². The van der Waals surface area contributed by atoms with Crippen molar-refractivity contribution in [2.75, 3.05) is 0 Å². The van der Waals surface area contributed by atoms with Gasteiger partial charge in [0.05, 0.1) is 12.2 Å². The van der Waals surface area contributed by atoms with Gasteiger partial charge in [0.1, 0.15) is 0 Å². The zero-order valence-corrected chi connectivity index (χ0v) is 29.1. The third kappa shape index (κ3) is 45.9. The van der Waals surface area contributed by atoms with Gasteiger partial charge in [0.15, 0.2) is 0 Å². The van der Waals surface area contributed by atoms with Crippen molar-refractivity contribution in [1.29, 1.82) is 0 Å². The van der Waals surface area contributed by atoms with Crippen molar-refractivity contribution in [3.63, 3.8) is 0 Å². The summed E-state index contributed by atoms with van der Waals surface area (Å²) in [4.78, 5) is 20.5. The van der Waals surface area contributed by atoms with Crippen molar-refractivity contribution in [3.8, 4) is 0 Å². The normalized spacial score (nSPS) is 12.2. The summed E-state index contributed by atoms with van der Waals surface area (Å²) in [6, 6.07) is 0. The van der Waals surface area contributed by atoms with Crippen LogP contribution in [0.3, 0.4) is 0 Å². The molecule has 0 saturated carbocycles. The third-order valence-corrected chi connectivity index (χ3v) is 8.12. The average molecular weight is 662 g/mol. The maximum Gasteiger partial charge on any atom is 2.00 e. The number of aliphatic hydroxyl groups is 2. The molecular weight excluding hydrogens is 592 g/mol. The molecular formula is C36H70CuO6. The van der Waals surface area contributed by atoms with E-state index in [-0.39, 0.29) is 42.1 Å². The van der Waals surface area contributed by atoms with E-state index in [0.717, 1.165) is 77.0 Å². The van der Waals surface area contributed by atoms with Gasteiger partial charge >= 0.3 is 17.1 Å². The Morgan fingerprint density at radius 3 is 0.860 bits per heavy atom. The summed E-state index contributed by atoms with van der Waals surface area (Å²) in [6.45, 7) is 4.42. The van der Waals surface area contributed by atoms with Crippen LogP contribution in [0.25, 0.3) is 0 Å². The summed E-state index contributed by atoms with van der Waals surface area (Å²) in [5.74, 6) is -1.86. The Morgan fingerprint density at radius 1 is 0.419 bits per heavy atom. The molecule has 2 unspecified atom stereocenters. The van der Waals surface area contributed by atoms with E-state index in [1.807, 2.05) is 0 Å². The Hall–Kier alpha value is -0.621. The molecule has 0 aliphatic rings. The second-order valence-corrected chi connectivity index (χ2v) is 12.5. The molecule has 0 aromatic rings. The molecule has 6 nitrogen and oxygen atoms in total. The minimum Gasteiger partial charge on any atom is -0.550 e. The van der Waals surface area contributed by atoms with Gasteiger partial charge in [0.2, 0.25) is 0 Å². The predicted octanol–water partition coefficient (Wildman–Crippen LogP) is 7.93. The SMILES string of the molecule is CCCCCCC(O)CCCCCCCCCCC(=O)[O-].CCCCCCC(O)CCCCCCCCCCC(=O)[O-].[Cu+2]. The van der Waals surface area contributed by atoms with Crippen LogP contribution in [0.15, 0.2) is 0 Å². The zero-order chi connectivity index (χ0) is 31.5. The second kappa shape index (κ2) is 39.4. The quantitative estimate of drug-likeness (QED) is 0.0558. The molecule has 2 N–H and O–H groups in total. The molecule has 2 atom stereocenters. The minimum absolute atomic E-state index is 0. The number of aliphatic carboxylic acids is 2. The number of carbonyl (C=O) groups excluding carboxylic acids is 2. The molecule has 0 heterocycles. The number of carbonyl (C=O) groups is 2. The van der Waals surface area contributed by atoms with Crippen LogP contribution in [-0.2, 0) is 26.7 Å². The van der Waals surface area contributed by atoms with Gasteiger partial charge in [-0.3, -0.25) is 0 Å². The molecule has 43 heavy (non-hydrogen) atoms. The van der Waals surface area contributed by atoms with Crippen molar-refractivity contribution in [3.05, 3.63) is 0 Å². The van der Waals surface area contributed by atoms with Gasteiger partial charge in [-0.15, -0.1) is 0 Å². The van der Waals surface area contributed by atoms with E-state index in [1.54, 1.807) is 0 Å². The summed E-state index contributed by atoms with van der Waals surface area (Å²) in [6.07, 6.45) is 31.8. The molecule has 0 aliphatic carbocycles. The Bertz CT molecular complexity index is 512. The van der Waals surface area contributed by atoms with Crippen LogP contribution in [0.1, 0.15) is 206 Å². The maximum absolute atomic E-state index is 10.2. The molecule has 0 aliphatic heterocycles. The molecule has 261 valence electrons. The predicted molar refractivity (Wildman–Crippen MR) is 172 cm³/mol.